The van der Waals surface area contributed by atoms with Gasteiger partial charge in [-0.15, -0.1) is 0 Å². The number of nitrogens with two attached hydrogens (primary N) is 1. The summed E-state index contributed by atoms with van der Waals surface area (Å²) in [4.78, 5) is 0. The summed E-state index contributed by atoms with van der Waals surface area (Å²) in [6.07, 6.45) is 2.61. The van der Waals surface area contributed by atoms with Crippen molar-refractivity contribution in [1.29, 1.82) is 0 Å². The second-order valence-corrected chi connectivity index (χ2v) is 3.73. The molecule has 16 heavy (non-hydrogen) atoms. The Balaban J connectivity index is 2.21. The molecule has 0 fully saturated rings. The number of unbranched alkanes of at least 4 members (excludes halogenated alkanes) is 1. The van der Waals surface area contributed by atoms with Crippen LogP contribution in [0.1, 0.15) is 18.4 Å². The van der Waals surface area contributed by atoms with Gasteiger partial charge in [0.15, 0.2) is 0 Å². The lowest BCUT2D eigenvalue weighted by molar-refractivity contribution is 0.564. The molecule has 1 rings (SSSR count). The summed E-state index contributed by atoms with van der Waals surface area (Å²) in [5, 5.41) is 3.19. The third-order valence-corrected chi connectivity index (χ3v) is 2.39. The fraction of sp³-hybridized carbons (Fsp3) is 0.500. The molecule has 1 aromatic carbocycles. The highest BCUT2D eigenvalue weighted by molar-refractivity contribution is 5.18. The highest BCUT2D eigenvalue weighted by Gasteiger charge is 2.02. The smallest absolute Gasteiger partial charge is 0.129 e. The maximum Gasteiger partial charge on any atom is 0.129 e. The van der Waals surface area contributed by atoms with Gasteiger partial charge in [0.05, 0.1) is 0 Å². The highest BCUT2D eigenvalue weighted by Crippen LogP contribution is 2.09. The van der Waals surface area contributed by atoms with Gasteiger partial charge in [0.25, 0.3) is 0 Å². The van der Waals surface area contributed by atoms with Gasteiger partial charge in [-0.05, 0) is 50.5 Å². The maximum atomic E-state index is 13.2. The van der Waals surface area contributed by atoms with Gasteiger partial charge in [-0.2, -0.15) is 0 Å². The Morgan fingerprint density at radius 3 is 2.62 bits per heavy atom. The van der Waals surface area contributed by atoms with E-state index in [2.05, 4.69) is 5.32 Å². The number of halogens is 2. The molecule has 0 unspecified atom stereocenters. The first-order chi connectivity index (χ1) is 7.74. The van der Waals surface area contributed by atoms with Gasteiger partial charge in [0.2, 0.25) is 0 Å². The SMILES string of the molecule is NCCCCNCCc1ccc(F)cc1F. The molecule has 0 aliphatic carbocycles. The number of nitrogens with one attached hydrogen (secondary N) is 1. The summed E-state index contributed by atoms with van der Waals surface area (Å²) in [5.74, 6) is -0.999. The average molecular weight is 228 g/mol. The fourth-order valence-electron chi connectivity index (χ4n) is 1.47. The molecule has 0 heterocycles. The van der Waals surface area contributed by atoms with Gasteiger partial charge in [0.1, 0.15) is 11.6 Å². The first-order valence-electron chi connectivity index (χ1n) is 5.58. The van der Waals surface area contributed by atoms with Gasteiger partial charge in [-0.25, -0.2) is 8.78 Å². The first-order valence-corrected chi connectivity index (χ1v) is 5.58. The lowest BCUT2D eigenvalue weighted by atomic mass is 10.1. The van der Waals surface area contributed by atoms with Crippen molar-refractivity contribution in [2.45, 2.75) is 19.3 Å². The molecule has 3 N–H and O–H groups in total. The minimum absolute atomic E-state index is 0.469. The van der Waals surface area contributed by atoms with Crippen molar-refractivity contribution in [1.82, 2.24) is 5.32 Å². The molecule has 90 valence electrons. The van der Waals surface area contributed by atoms with E-state index in [9.17, 15) is 8.78 Å². The summed E-state index contributed by atoms with van der Waals surface area (Å²) in [6.45, 7) is 2.29. The summed E-state index contributed by atoms with van der Waals surface area (Å²) in [5.41, 5.74) is 5.90. The molecule has 0 aromatic heterocycles. The first kappa shape index (κ1) is 13.1. The fourth-order valence-corrected chi connectivity index (χ4v) is 1.47. The molecule has 0 radical (unpaired) electrons. The molecule has 0 atom stereocenters. The largest absolute Gasteiger partial charge is 0.330 e. The molecular formula is C12H18F2N2. The number of hydrogen-bond donors (Lipinski definition) is 2. The van der Waals surface area contributed by atoms with E-state index in [1.54, 1.807) is 0 Å². The van der Waals surface area contributed by atoms with Crippen molar-refractivity contribution in [3.8, 4) is 0 Å². The minimum Gasteiger partial charge on any atom is -0.330 e. The Morgan fingerprint density at radius 1 is 1.12 bits per heavy atom. The van der Waals surface area contributed by atoms with Crippen molar-refractivity contribution in [3.05, 3.63) is 35.4 Å². The highest BCUT2D eigenvalue weighted by atomic mass is 19.1. The summed E-state index contributed by atoms with van der Waals surface area (Å²) >= 11 is 0. The molecular weight excluding hydrogens is 210 g/mol. The molecule has 0 saturated carbocycles. The van der Waals surface area contributed by atoms with Gasteiger partial charge in [-0.1, -0.05) is 6.07 Å². The molecule has 0 spiro atoms. The van der Waals surface area contributed by atoms with Crippen LogP contribution in [0.4, 0.5) is 8.78 Å². The van der Waals surface area contributed by atoms with Crippen LogP contribution in [0.5, 0.6) is 0 Å². The van der Waals surface area contributed by atoms with E-state index >= 15 is 0 Å². The number of benzene rings is 1. The third-order valence-electron chi connectivity index (χ3n) is 2.39. The summed E-state index contributed by atoms with van der Waals surface area (Å²) in [7, 11) is 0. The van der Waals surface area contributed by atoms with Crippen LogP contribution in [-0.2, 0) is 6.42 Å². The summed E-state index contributed by atoms with van der Waals surface area (Å²) < 4.78 is 25.8. The van der Waals surface area contributed by atoms with E-state index in [0.717, 1.165) is 25.5 Å². The van der Waals surface area contributed by atoms with Crippen molar-refractivity contribution in [2.24, 2.45) is 5.73 Å². The monoisotopic (exact) mass is 228 g/mol. The van der Waals surface area contributed by atoms with Crippen LogP contribution in [0.2, 0.25) is 0 Å². The zero-order chi connectivity index (χ0) is 11.8. The zero-order valence-corrected chi connectivity index (χ0v) is 9.31. The lowest BCUT2D eigenvalue weighted by Crippen LogP contribution is -2.19. The Labute approximate surface area is 94.8 Å². The molecule has 0 amide bonds. The Hall–Kier alpha value is -1.00. The molecule has 0 bridgehead atoms. The quantitative estimate of drug-likeness (QED) is 0.699. The Morgan fingerprint density at radius 2 is 1.94 bits per heavy atom. The van der Waals surface area contributed by atoms with Crippen LogP contribution in [0.3, 0.4) is 0 Å². The second kappa shape index (κ2) is 7.30. The van der Waals surface area contributed by atoms with E-state index in [1.807, 2.05) is 0 Å². The lowest BCUT2D eigenvalue weighted by Gasteiger charge is -2.05. The third kappa shape index (κ3) is 4.68. The van der Waals surface area contributed by atoms with Crippen LogP contribution in [0.15, 0.2) is 18.2 Å². The van der Waals surface area contributed by atoms with E-state index < -0.39 is 11.6 Å². The molecule has 1 aromatic rings. The van der Waals surface area contributed by atoms with E-state index in [4.69, 9.17) is 5.73 Å². The van der Waals surface area contributed by atoms with Gasteiger partial charge >= 0.3 is 0 Å². The predicted molar refractivity (Wildman–Crippen MR) is 61.2 cm³/mol. The van der Waals surface area contributed by atoms with Crippen LogP contribution < -0.4 is 11.1 Å². The molecule has 0 aliphatic rings. The van der Waals surface area contributed by atoms with E-state index in [-0.39, 0.29) is 0 Å². The standard InChI is InChI=1S/C12H18F2N2/c13-11-4-3-10(12(14)9-11)5-8-16-7-2-1-6-15/h3-4,9,16H,1-2,5-8,15H2. The van der Waals surface area contributed by atoms with Crippen LogP contribution in [0.25, 0.3) is 0 Å². The Bertz CT molecular complexity index is 316. The number of hydrogen-bond acceptors (Lipinski definition) is 2. The minimum atomic E-state index is -0.530. The molecule has 4 heteroatoms. The van der Waals surface area contributed by atoms with Gasteiger partial charge < -0.3 is 11.1 Å². The molecule has 2 nitrogen and oxygen atoms in total. The second-order valence-electron chi connectivity index (χ2n) is 3.73. The van der Waals surface area contributed by atoms with Crippen LogP contribution in [-0.4, -0.2) is 19.6 Å². The molecule has 0 saturated heterocycles. The Kier molecular flexibility index (Phi) is 5.96. The van der Waals surface area contributed by atoms with Crippen molar-refractivity contribution in [3.63, 3.8) is 0 Å². The van der Waals surface area contributed by atoms with Crippen molar-refractivity contribution in [2.75, 3.05) is 19.6 Å². The maximum absolute atomic E-state index is 13.2. The number of rotatable bonds is 7. The predicted octanol–water partition coefficient (Wildman–Crippen LogP) is 1.84. The van der Waals surface area contributed by atoms with E-state index in [0.29, 0.717) is 25.1 Å². The van der Waals surface area contributed by atoms with Crippen LogP contribution in [0, 0.1) is 11.6 Å². The van der Waals surface area contributed by atoms with Crippen LogP contribution >= 0.6 is 0 Å². The molecule has 0 aliphatic heterocycles. The normalized spacial score (nSPS) is 10.7. The van der Waals surface area contributed by atoms with E-state index in [1.165, 1.54) is 12.1 Å². The van der Waals surface area contributed by atoms with Gasteiger partial charge in [-0.3, -0.25) is 0 Å². The topological polar surface area (TPSA) is 38.0 Å². The van der Waals surface area contributed by atoms with Gasteiger partial charge in [0, 0.05) is 6.07 Å². The summed E-state index contributed by atoms with van der Waals surface area (Å²) in [6, 6.07) is 3.70. The van der Waals surface area contributed by atoms with Crippen molar-refractivity contribution >= 4 is 0 Å². The zero-order valence-electron chi connectivity index (χ0n) is 9.31. The van der Waals surface area contributed by atoms with Crippen molar-refractivity contribution < 1.29 is 8.78 Å². The average Bonchev–Trinajstić information content (AvgIpc) is 2.26.